The number of nitrogens with one attached hydrogen (secondary N) is 1. The van der Waals surface area contributed by atoms with Crippen molar-refractivity contribution in [3.8, 4) is 0 Å². The molecule has 5 nitrogen and oxygen atoms in total. The van der Waals surface area contributed by atoms with Crippen LogP contribution in [0.2, 0.25) is 0 Å². The van der Waals surface area contributed by atoms with Gasteiger partial charge in [-0.05, 0) is 40.7 Å². The fourth-order valence-electron chi connectivity index (χ4n) is 1.13. The van der Waals surface area contributed by atoms with Gasteiger partial charge in [-0.1, -0.05) is 0 Å². The number of esters is 1. The van der Waals surface area contributed by atoms with Crippen LogP contribution in [0, 0.1) is 0 Å². The van der Waals surface area contributed by atoms with Gasteiger partial charge in [0.15, 0.2) is 0 Å². The molecule has 0 aromatic carbocycles. The first-order valence-electron chi connectivity index (χ1n) is 6.16. The largest absolute Gasteiger partial charge is 0.466 e. The average Bonchev–Trinajstić information content (AvgIpc) is 2.23. The van der Waals surface area contributed by atoms with E-state index in [1.807, 2.05) is 0 Å². The molecule has 0 radical (unpaired) electrons. The second-order valence-electron chi connectivity index (χ2n) is 4.97. The van der Waals surface area contributed by atoms with E-state index < -0.39 is 29.5 Å². The van der Waals surface area contributed by atoms with Gasteiger partial charge in [0.1, 0.15) is 11.4 Å². The Bertz CT molecular complexity index is 347. The molecular formula is C13H22FNO4. The molecular weight excluding hydrogens is 253 g/mol. The molecule has 0 saturated heterocycles. The van der Waals surface area contributed by atoms with Gasteiger partial charge in [0.05, 0.1) is 19.1 Å². The Balaban J connectivity index is 4.26. The zero-order valence-corrected chi connectivity index (χ0v) is 12.1. The predicted molar refractivity (Wildman–Crippen MR) is 69.3 cm³/mol. The molecule has 0 heterocycles. The van der Waals surface area contributed by atoms with Gasteiger partial charge in [-0.25, -0.2) is 9.18 Å². The van der Waals surface area contributed by atoms with Crippen molar-refractivity contribution >= 4 is 12.1 Å². The molecule has 1 unspecified atom stereocenters. The summed E-state index contributed by atoms with van der Waals surface area (Å²) in [4.78, 5) is 22.4. The molecule has 1 N–H and O–H groups in total. The summed E-state index contributed by atoms with van der Waals surface area (Å²) in [7, 11) is 0. The lowest BCUT2D eigenvalue weighted by molar-refractivity contribution is -0.142. The molecule has 0 rings (SSSR count). The minimum Gasteiger partial charge on any atom is -0.466 e. The number of carbonyl (C=O) groups is 2. The zero-order valence-electron chi connectivity index (χ0n) is 12.1. The second-order valence-corrected chi connectivity index (χ2v) is 4.97. The van der Waals surface area contributed by atoms with Gasteiger partial charge < -0.3 is 14.8 Å². The van der Waals surface area contributed by atoms with Crippen molar-refractivity contribution in [1.82, 2.24) is 5.32 Å². The van der Waals surface area contributed by atoms with Gasteiger partial charge >= 0.3 is 12.1 Å². The molecule has 0 bridgehead atoms. The van der Waals surface area contributed by atoms with E-state index in [-0.39, 0.29) is 13.0 Å². The van der Waals surface area contributed by atoms with E-state index in [1.165, 1.54) is 6.92 Å². The van der Waals surface area contributed by atoms with Crippen LogP contribution < -0.4 is 5.32 Å². The molecule has 19 heavy (non-hydrogen) atoms. The van der Waals surface area contributed by atoms with Crippen molar-refractivity contribution < 1.29 is 23.5 Å². The molecule has 1 atom stereocenters. The van der Waals surface area contributed by atoms with Crippen LogP contribution >= 0.6 is 0 Å². The zero-order chi connectivity index (χ0) is 15.1. The monoisotopic (exact) mass is 275 g/mol. The van der Waals surface area contributed by atoms with Crippen molar-refractivity contribution in [2.45, 2.75) is 52.7 Å². The molecule has 1 amide bonds. The highest BCUT2D eigenvalue weighted by Crippen LogP contribution is 2.09. The lowest BCUT2D eigenvalue weighted by Crippen LogP contribution is -2.38. The smallest absolute Gasteiger partial charge is 0.408 e. The number of carbonyl (C=O) groups excluding carboxylic acids is 2. The van der Waals surface area contributed by atoms with Crippen molar-refractivity contribution in [2.75, 3.05) is 6.61 Å². The van der Waals surface area contributed by atoms with Crippen LogP contribution in [-0.4, -0.2) is 30.3 Å². The lowest BCUT2D eigenvalue weighted by atomic mass is 10.2. The van der Waals surface area contributed by atoms with E-state index in [1.54, 1.807) is 27.7 Å². The Morgan fingerprint density at radius 1 is 1.37 bits per heavy atom. The number of halogens is 1. The summed E-state index contributed by atoms with van der Waals surface area (Å²) in [5.74, 6) is -1.12. The van der Waals surface area contributed by atoms with Crippen LogP contribution in [-0.2, 0) is 14.3 Å². The maximum atomic E-state index is 13.6. The third-order valence-electron chi connectivity index (χ3n) is 1.92. The number of hydrogen-bond donors (Lipinski definition) is 1. The van der Waals surface area contributed by atoms with E-state index in [9.17, 15) is 14.0 Å². The molecule has 6 heteroatoms. The van der Waals surface area contributed by atoms with Gasteiger partial charge in [0, 0.05) is 0 Å². The van der Waals surface area contributed by atoms with E-state index in [0.717, 1.165) is 6.08 Å². The van der Waals surface area contributed by atoms with Crippen LogP contribution in [0.5, 0.6) is 0 Å². The molecule has 0 aliphatic rings. The van der Waals surface area contributed by atoms with Gasteiger partial charge in [0.25, 0.3) is 0 Å². The number of rotatable bonds is 5. The number of ether oxygens (including phenoxy) is 2. The third kappa shape index (κ3) is 9.04. The standard InChI is InChI=1S/C13H22FNO4/c1-6-18-11(16)8-7-10(14)9(2)15-12(17)19-13(3,4)5/h7,9H,6,8H2,1-5H3,(H,15,17)/b10-7-. The predicted octanol–water partition coefficient (Wildman–Crippen LogP) is 2.71. The Morgan fingerprint density at radius 3 is 2.42 bits per heavy atom. The fourth-order valence-corrected chi connectivity index (χ4v) is 1.13. The molecule has 0 spiro atoms. The van der Waals surface area contributed by atoms with Crippen LogP contribution in [0.4, 0.5) is 9.18 Å². The number of amides is 1. The van der Waals surface area contributed by atoms with Crippen molar-refractivity contribution in [3.05, 3.63) is 11.9 Å². The third-order valence-corrected chi connectivity index (χ3v) is 1.92. The summed E-state index contributed by atoms with van der Waals surface area (Å²) in [6.07, 6.45) is 0.208. The number of alkyl carbamates (subject to hydrolysis) is 1. The van der Waals surface area contributed by atoms with E-state index in [2.05, 4.69) is 10.1 Å². The maximum Gasteiger partial charge on any atom is 0.408 e. The highest BCUT2D eigenvalue weighted by Gasteiger charge is 2.19. The lowest BCUT2D eigenvalue weighted by Gasteiger charge is -2.21. The molecule has 0 fully saturated rings. The Morgan fingerprint density at radius 2 is 1.95 bits per heavy atom. The quantitative estimate of drug-likeness (QED) is 0.783. The first-order chi connectivity index (χ1) is 8.65. The summed E-state index contributed by atoms with van der Waals surface area (Å²) in [6, 6.07) is -0.857. The Hall–Kier alpha value is -1.59. The maximum absolute atomic E-state index is 13.6. The van der Waals surface area contributed by atoms with Crippen LogP contribution in [0.3, 0.4) is 0 Å². The Labute approximate surface area is 113 Å². The topological polar surface area (TPSA) is 64.6 Å². The summed E-state index contributed by atoms with van der Waals surface area (Å²) < 4.78 is 23.2. The summed E-state index contributed by atoms with van der Waals surface area (Å²) in [5.41, 5.74) is -0.644. The van der Waals surface area contributed by atoms with E-state index >= 15 is 0 Å². The summed E-state index contributed by atoms with van der Waals surface area (Å²) >= 11 is 0. The highest BCUT2D eigenvalue weighted by atomic mass is 19.1. The van der Waals surface area contributed by atoms with Crippen molar-refractivity contribution in [2.24, 2.45) is 0 Å². The van der Waals surface area contributed by atoms with Crippen LogP contribution in [0.15, 0.2) is 11.9 Å². The fraction of sp³-hybridized carbons (Fsp3) is 0.692. The van der Waals surface area contributed by atoms with Crippen LogP contribution in [0.25, 0.3) is 0 Å². The highest BCUT2D eigenvalue weighted by molar-refractivity contribution is 5.71. The molecule has 0 aliphatic carbocycles. The second kappa shape index (κ2) is 7.76. The van der Waals surface area contributed by atoms with Crippen molar-refractivity contribution in [1.29, 1.82) is 0 Å². The first-order valence-corrected chi connectivity index (χ1v) is 6.16. The molecule has 0 aromatic heterocycles. The normalized spacial score (nSPS) is 13.7. The molecule has 110 valence electrons. The van der Waals surface area contributed by atoms with Crippen LogP contribution in [0.1, 0.15) is 41.0 Å². The summed E-state index contributed by atoms with van der Waals surface area (Å²) in [5, 5.41) is 2.34. The van der Waals surface area contributed by atoms with Gasteiger partial charge in [-0.3, -0.25) is 4.79 Å². The average molecular weight is 275 g/mol. The molecule has 0 aliphatic heterocycles. The van der Waals surface area contributed by atoms with Crippen molar-refractivity contribution in [3.63, 3.8) is 0 Å². The van der Waals surface area contributed by atoms with E-state index in [4.69, 9.17) is 4.74 Å². The van der Waals surface area contributed by atoms with Gasteiger partial charge in [-0.2, -0.15) is 0 Å². The minimum absolute atomic E-state index is 0.167. The molecule has 0 saturated carbocycles. The SMILES string of the molecule is CCOC(=O)C/C=C(\F)C(C)NC(=O)OC(C)(C)C. The molecule has 0 aromatic rings. The Kier molecular flexibility index (Phi) is 7.11. The summed E-state index contributed by atoms with van der Waals surface area (Å²) in [6.45, 7) is 8.52. The number of hydrogen-bond acceptors (Lipinski definition) is 4. The minimum atomic E-state index is -0.857. The van der Waals surface area contributed by atoms with E-state index in [0.29, 0.717) is 0 Å². The van der Waals surface area contributed by atoms with Gasteiger partial charge in [-0.15, -0.1) is 0 Å². The first kappa shape index (κ1) is 17.4. The van der Waals surface area contributed by atoms with Gasteiger partial charge in [0.2, 0.25) is 0 Å².